The molecule has 2 rings (SSSR count). The van der Waals surface area contributed by atoms with E-state index in [0.717, 1.165) is 0 Å². The van der Waals surface area contributed by atoms with Crippen LogP contribution in [0.25, 0.3) is 0 Å². The van der Waals surface area contributed by atoms with Crippen molar-refractivity contribution in [3.8, 4) is 5.75 Å². The van der Waals surface area contributed by atoms with E-state index in [4.69, 9.17) is 0 Å². The summed E-state index contributed by atoms with van der Waals surface area (Å²) in [5.74, 6) is -0.380. The molecule has 1 heterocycles. The number of alkyl halides is 3. The first-order valence-electron chi connectivity index (χ1n) is 5.08. The van der Waals surface area contributed by atoms with Crippen LogP contribution in [-0.2, 0) is 10.1 Å². The summed E-state index contributed by atoms with van der Waals surface area (Å²) in [5, 5.41) is 3.03. The maximum absolute atomic E-state index is 12.2. The molecule has 0 saturated carbocycles. The highest BCUT2D eigenvalue weighted by molar-refractivity contribution is 7.97. The Hall–Kier alpha value is -1.13. The number of nitrogens with one attached hydrogen (secondary N) is 2. The van der Waals surface area contributed by atoms with Crippen LogP contribution in [0.2, 0.25) is 0 Å². The highest BCUT2D eigenvalue weighted by atomic mass is 32.2. The minimum Gasteiger partial charge on any atom is -0.383 e. The molecule has 0 aliphatic carbocycles. The van der Waals surface area contributed by atoms with Crippen molar-refractivity contribution in [3.63, 3.8) is 0 Å². The van der Waals surface area contributed by atoms with Crippen molar-refractivity contribution in [1.29, 1.82) is 0 Å². The topological polar surface area (TPSA) is 67.4 Å². The van der Waals surface area contributed by atoms with E-state index in [-0.39, 0.29) is 5.75 Å². The Morgan fingerprint density at radius 1 is 1.26 bits per heavy atom. The summed E-state index contributed by atoms with van der Waals surface area (Å²) in [6.45, 7) is 1.32. The average Bonchev–Trinajstić information content (AvgIpc) is 2.51. The quantitative estimate of drug-likeness (QED) is 0.494. The van der Waals surface area contributed by atoms with E-state index in [1.165, 1.54) is 30.1 Å². The van der Waals surface area contributed by atoms with Gasteiger partial charge in [0.2, 0.25) is 0 Å². The maximum Gasteiger partial charge on any atom is 0.534 e. The van der Waals surface area contributed by atoms with E-state index < -0.39 is 15.6 Å². The van der Waals surface area contributed by atoms with Crippen molar-refractivity contribution in [2.24, 2.45) is 0 Å². The molecule has 5 nitrogen and oxygen atoms in total. The molecule has 0 amide bonds. The summed E-state index contributed by atoms with van der Waals surface area (Å²) >= 11 is 1.19. The zero-order chi connectivity index (χ0) is 14.1. The van der Waals surface area contributed by atoms with E-state index in [9.17, 15) is 21.6 Å². The van der Waals surface area contributed by atoms with Crippen molar-refractivity contribution >= 4 is 27.8 Å². The lowest BCUT2D eigenvalue weighted by atomic mass is 10.3. The zero-order valence-electron chi connectivity index (χ0n) is 9.32. The molecule has 10 heteroatoms. The van der Waals surface area contributed by atoms with Gasteiger partial charge in [-0.25, -0.2) is 0 Å². The minimum atomic E-state index is -5.64. The smallest absolute Gasteiger partial charge is 0.383 e. The highest BCUT2D eigenvalue weighted by Gasteiger charge is 2.48. The third-order valence-electron chi connectivity index (χ3n) is 2.17. The monoisotopic (exact) mass is 314 g/mol. The van der Waals surface area contributed by atoms with E-state index >= 15 is 0 Å². The fraction of sp³-hybridized carbons (Fsp3) is 0.333. The van der Waals surface area contributed by atoms with E-state index in [1.54, 1.807) is 0 Å². The highest BCUT2D eigenvalue weighted by Crippen LogP contribution is 2.33. The van der Waals surface area contributed by atoms with Crippen LogP contribution in [0, 0.1) is 0 Å². The molecule has 0 spiro atoms. The molecular formula is C9H9F3N2O3S2. The van der Waals surface area contributed by atoms with Gasteiger partial charge in [0, 0.05) is 23.7 Å². The van der Waals surface area contributed by atoms with Crippen LogP contribution in [0.4, 0.5) is 18.9 Å². The second kappa shape index (κ2) is 5.10. The predicted octanol–water partition coefficient (Wildman–Crippen LogP) is 1.94. The number of fused-ring (bicyclic) bond motifs is 1. The van der Waals surface area contributed by atoms with Crippen molar-refractivity contribution in [2.75, 3.05) is 18.4 Å². The van der Waals surface area contributed by atoms with Crippen molar-refractivity contribution < 1.29 is 25.8 Å². The second-order valence-electron chi connectivity index (χ2n) is 3.56. The van der Waals surface area contributed by atoms with Gasteiger partial charge in [-0.2, -0.15) is 21.6 Å². The molecule has 0 unspecified atom stereocenters. The van der Waals surface area contributed by atoms with Gasteiger partial charge < -0.3 is 9.50 Å². The molecule has 0 radical (unpaired) electrons. The fourth-order valence-corrected chi connectivity index (χ4v) is 2.57. The van der Waals surface area contributed by atoms with Crippen LogP contribution >= 0.6 is 11.9 Å². The molecule has 0 saturated heterocycles. The summed E-state index contributed by atoms with van der Waals surface area (Å²) in [4.78, 5) is 0.562. The number of rotatable bonds is 2. The second-order valence-corrected chi connectivity index (χ2v) is 6.03. The molecule has 1 aliphatic heterocycles. The number of hydrogen-bond donors (Lipinski definition) is 2. The van der Waals surface area contributed by atoms with Crippen LogP contribution < -0.4 is 14.2 Å². The Morgan fingerprint density at radius 2 is 2.00 bits per heavy atom. The van der Waals surface area contributed by atoms with Gasteiger partial charge in [0.15, 0.2) is 0 Å². The Balaban J connectivity index is 2.26. The standard InChI is InChI=1S/C9H9F3N2O3S2/c10-9(11,12)19(15,16)17-6-1-2-7-8(5-6)18-14-4-3-13-7/h1-2,5,13-14H,3-4H2. The molecule has 1 aromatic rings. The van der Waals surface area contributed by atoms with Crippen molar-refractivity contribution in [2.45, 2.75) is 10.4 Å². The maximum atomic E-state index is 12.2. The Bertz CT molecular complexity index is 575. The summed E-state index contributed by atoms with van der Waals surface area (Å²) in [6, 6.07) is 3.87. The molecule has 0 aromatic heterocycles. The lowest BCUT2D eigenvalue weighted by molar-refractivity contribution is -0.0500. The summed E-state index contributed by atoms with van der Waals surface area (Å²) < 4.78 is 65.3. The fourth-order valence-electron chi connectivity index (χ4n) is 1.34. The summed E-state index contributed by atoms with van der Waals surface area (Å²) in [7, 11) is -5.64. The molecule has 2 N–H and O–H groups in total. The predicted molar refractivity (Wildman–Crippen MR) is 64.4 cm³/mol. The van der Waals surface area contributed by atoms with Crippen LogP contribution in [0.15, 0.2) is 23.1 Å². The summed E-state index contributed by atoms with van der Waals surface area (Å²) in [6.07, 6.45) is 0. The first kappa shape index (κ1) is 14.3. The third kappa shape index (κ3) is 3.25. The van der Waals surface area contributed by atoms with Crippen molar-refractivity contribution in [1.82, 2.24) is 4.72 Å². The Morgan fingerprint density at radius 3 is 2.68 bits per heavy atom. The van der Waals surface area contributed by atoms with Crippen LogP contribution in [-0.4, -0.2) is 27.0 Å². The molecule has 0 atom stereocenters. The van der Waals surface area contributed by atoms with E-state index in [1.807, 2.05) is 0 Å². The van der Waals surface area contributed by atoms with Gasteiger partial charge >= 0.3 is 15.6 Å². The van der Waals surface area contributed by atoms with E-state index in [0.29, 0.717) is 23.7 Å². The third-order valence-corrected chi connectivity index (χ3v) is 4.05. The first-order valence-corrected chi connectivity index (χ1v) is 7.30. The normalized spacial score (nSPS) is 16.2. The number of hydrogen-bond acceptors (Lipinski definition) is 6. The zero-order valence-corrected chi connectivity index (χ0v) is 11.0. The number of benzene rings is 1. The number of anilines is 1. The van der Waals surface area contributed by atoms with Crippen LogP contribution in [0.3, 0.4) is 0 Å². The van der Waals surface area contributed by atoms with Gasteiger partial charge in [-0.15, -0.1) is 0 Å². The van der Waals surface area contributed by atoms with Gasteiger partial charge in [-0.3, -0.25) is 4.72 Å². The molecule has 106 valence electrons. The van der Waals surface area contributed by atoms with Crippen LogP contribution in [0.5, 0.6) is 5.75 Å². The van der Waals surface area contributed by atoms with Gasteiger partial charge in [-0.05, 0) is 30.1 Å². The molecule has 1 aromatic carbocycles. The SMILES string of the molecule is O=S(=O)(Oc1ccc2c(c1)SNCCN2)C(F)(F)F. The lowest BCUT2D eigenvalue weighted by Crippen LogP contribution is -2.28. The van der Waals surface area contributed by atoms with Gasteiger partial charge in [0.25, 0.3) is 0 Å². The average molecular weight is 314 g/mol. The molecule has 0 bridgehead atoms. The summed E-state index contributed by atoms with van der Waals surface area (Å²) in [5.41, 5.74) is -4.74. The molecule has 0 fully saturated rings. The van der Waals surface area contributed by atoms with Crippen molar-refractivity contribution in [3.05, 3.63) is 18.2 Å². The Labute approximate surface area is 111 Å². The number of halogens is 3. The minimum absolute atomic E-state index is 0.380. The Kier molecular flexibility index (Phi) is 3.83. The molecule has 19 heavy (non-hydrogen) atoms. The molecule has 1 aliphatic rings. The lowest BCUT2D eigenvalue weighted by Gasteiger charge is -2.11. The van der Waals surface area contributed by atoms with Gasteiger partial charge in [-0.1, -0.05) is 0 Å². The molecular weight excluding hydrogens is 305 g/mol. The first-order chi connectivity index (χ1) is 8.79. The van der Waals surface area contributed by atoms with Crippen LogP contribution in [0.1, 0.15) is 0 Å². The largest absolute Gasteiger partial charge is 0.534 e. The van der Waals surface area contributed by atoms with Gasteiger partial charge in [0.05, 0.1) is 0 Å². The van der Waals surface area contributed by atoms with Gasteiger partial charge in [0.1, 0.15) is 5.75 Å². The van der Waals surface area contributed by atoms with E-state index in [2.05, 4.69) is 14.2 Å².